The number of aromatic nitrogens is 6. The first kappa shape index (κ1) is 16.8. The summed E-state index contributed by atoms with van der Waals surface area (Å²) >= 11 is 1.19. The van der Waals surface area contributed by atoms with Gasteiger partial charge in [-0.3, -0.25) is 10.1 Å². The van der Waals surface area contributed by atoms with Gasteiger partial charge in [-0.15, -0.1) is 0 Å². The lowest BCUT2D eigenvalue weighted by atomic mass is 10.00. The minimum atomic E-state index is -0.537. The Morgan fingerprint density at radius 1 is 1.38 bits per heavy atom. The molecule has 4 rings (SSSR count). The van der Waals surface area contributed by atoms with Crippen LogP contribution in [0.4, 0.5) is 10.9 Å². The number of nitrogen functional groups attached to an aromatic ring is 1. The van der Waals surface area contributed by atoms with Crippen LogP contribution in [0.5, 0.6) is 0 Å². The second kappa shape index (κ2) is 6.92. The molecule has 10 nitrogen and oxygen atoms in total. The summed E-state index contributed by atoms with van der Waals surface area (Å²) in [5, 5.41) is 3.31. The van der Waals surface area contributed by atoms with Gasteiger partial charge in [0.15, 0.2) is 11.5 Å². The van der Waals surface area contributed by atoms with Gasteiger partial charge in [-0.2, -0.15) is 4.37 Å². The van der Waals surface area contributed by atoms with E-state index in [0.29, 0.717) is 22.2 Å². The van der Waals surface area contributed by atoms with Crippen molar-refractivity contribution in [3.05, 3.63) is 18.5 Å². The highest BCUT2D eigenvalue weighted by Gasteiger charge is 2.23. The van der Waals surface area contributed by atoms with E-state index in [9.17, 15) is 4.79 Å². The van der Waals surface area contributed by atoms with Crippen LogP contribution in [0.25, 0.3) is 11.2 Å². The summed E-state index contributed by atoms with van der Waals surface area (Å²) in [6.07, 6.45) is 4.70. The van der Waals surface area contributed by atoms with Crippen molar-refractivity contribution >= 4 is 39.6 Å². The first-order valence-electron chi connectivity index (χ1n) is 8.28. The SMILES string of the molecule is CC(C(=O)Nc1nc(C2CCOCC2)ns1)n1cnc2c(N)ncnc21. The van der Waals surface area contributed by atoms with Gasteiger partial charge < -0.3 is 15.0 Å². The summed E-state index contributed by atoms with van der Waals surface area (Å²) in [5.74, 6) is 1.12. The maximum atomic E-state index is 12.6. The standard InChI is InChI=1S/C15H18N8O2S/c1-8(23-7-19-10-11(16)17-6-18-13(10)23)14(24)21-15-20-12(22-26-15)9-2-4-25-5-3-9/h6-9H,2-5H2,1H3,(H2,16,17,18)(H,20,21,22,24). The molecule has 3 aromatic rings. The van der Waals surface area contributed by atoms with Crippen LogP contribution >= 0.6 is 11.5 Å². The molecule has 1 unspecified atom stereocenters. The number of carbonyl (C=O) groups excluding carboxylic acids is 1. The molecule has 0 saturated carbocycles. The van der Waals surface area contributed by atoms with Gasteiger partial charge >= 0.3 is 0 Å². The average molecular weight is 374 g/mol. The second-order valence-electron chi connectivity index (χ2n) is 6.09. The number of fused-ring (bicyclic) bond motifs is 1. The van der Waals surface area contributed by atoms with Gasteiger partial charge in [0.2, 0.25) is 11.0 Å². The minimum Gasteiger partial charge on any atom is -0.382 e. The lowest BCUT2D eigenvalue weighted by molar-refractivity contribution is -0.118. The Kier molecular flexibility index (Phi) is 4.47. The molecule has 4 heterocycles. The molecule has 26 heavy (non-hydrogen) atoms. The predicted molar refractivity (Wildman–Crippen MR) is 95.8 cm³/mol. The van der Waals surface area contributed by atoms with Gasteiger partial charge in [-0.05, 0) is 19.8 Å². The van der Waals surface area contributed by atoms with Crippen molar-refractivity contribution in [3.8, 4) is 0 Å². The van der Waals surface area contributed by atoms with Crippen molar-refractivity contribution in [1.82, 2.24) is 28.9 Å². The summed E-state index contributed by atoms with van der Waals surface area (Å²) in [4.78, 5) is 29.3. The number of amides is 1. The van der Waals surface area contributed by atoms with Crippen LogP contribution in [-0.2, 0) is 9.53 Å². The van der Waals surface area contributed by atoms with Crippen LogP contribution in [0.1, 0.15) is 37.5 Å². The fourth-order valence-corrected chi connectivity index (χ4v) is 3.55. The third-order valence-electron chi connectivity index (χ3n) is 4.44. The number of nitrogens with zero attached hydrogens (tertiary/aromatic N) is 6. The number of anilines is 2. The predicted octanol–water partition coefficient (Wildman–Crippen LogP) is 1.35. The normalized spacial score (nSPS) is 16.7. The van der Waals surface area contributed by atoms with Gasteiger partial charge in [0.05, 0.1) is 6.33 Å². The zero-order valence-electron chi connectivity index (χ0n) is 14.1. The third kappa shape index (κ3) is 3.10. The maximum absolute atomic E-state index is 12.6. The Labute approximate surface area is 153 Å². The smallest absolute Gasteiger partial charge is 0.249 e. The molecule has 3 N–H and O–H groups in total. The number of rotatable bonds is 4. The molecule has 1 saturated heterocycles. The zero-order valence-corrected chi connectivity index (χ0v) is 14.9. The van der Waals surface area contributed by atoms with Gasteiger partial charge in [-0.1, -0.05) is 0 Å². The van der Waals surface area contributed by atoms with Crippen LogP contribution < -0.4 is 11.1 Å². The quantitative estimate of drug-likeness (QED) is 0.699. The lowest BCUT2D eigenvalue weighted by Crippen LogP contribution is -2.23. The molecule has 0 radical (unpaired) electrons. The molecule has 11 heteroatoms. The molecular weight excluding hydrogens is 356 g/mol. The molecule has 136 valence electrons. The summed E-state index contributed by atoms with van der Waals surface area (Å²) in [6.45, 7) is 3.21. The molecule has 0 aliphatic carbocycles. The minimum absolute atomic E-state index is 0.226. The molecule has 1 amide bonds. The number of nitrogens with two attached hydrogens (primary N) is 1. The Hall–Kier alpha value is -2.66. The fourth-order valence-electron chi connectivity index (χ4n) is 2.90. The number of hydrogen-bond acceptors (Lipinski definition) is 9. The summed E-state index contributed by atoms with van der Waals surface area (Å²) in [6, 6.07) is -0.537. The van der Waals surface area contributed by atoms with E-state index in [4.69, 9.17) is 10.5 Å². The molecule has 0 spiro atoms. The molecule has 1 aliphatic heterocycles. The van der Waals surface area contributed by atoms with E-state index < -0.39 is 6.04 Å². The van der Waals surface area contributed by atoms with Gasteiger partial charge in [0.25, 0.3) is 0 Å². The van der Waals surface area contributed by atoms with Crippen molar-refractivity contribution in [2.75, 3.05) is 24.3 Å². The number of ether oxygens (including phenoxy) is 1. The lowest BCUT2D eigenvalue weighted by Gasteiger charge is -2.18. The van der Waals surface area contributed by atoms with Crippen molar-refractivity contribution < 1.29 is 9.53 Å². The molecule has 0 bridgehead atoms. The summed E-state index contributed by atoms with van der Waals surface area (Å²) in [7, 11) is 0. The fraction of sp³-hybridized carbons (Fsp3) is 0.467. The largest absolute Gasteiger partial charge is 0.382 e. The van der Waals surface area contributed by atoms with Gasteiger partial charge in [0.1, 0.15) is 23.7 Å². The molecule has 1 atom stereocenters. The van der Waals surface area contributed by atoms with E-state index in [1.54, 1.807) is 11.5 Å². The Morgan fingerprint density at radius 2 is 2.19 bits per heavy atom. The highest BCUT2D eigenvalue weighted by atomic mass is 32.1. The molecule has 3 aromatic heterocycles. The molecular formula is C15H18N8O2S. The number of imidazole rings is 1. The van der Waals surface area contributed by atoms with E-state index >= 15 is 0 Å². The van der Waals surface area contributed by atoms with Crippen LogP contribution in [-0.4, -0.2) is 48.0 Å². The number of nitrogens with one attached hydrogen (secondary N) is 1. The maximum Gasteiger partial charge on any atom is 0.249 e. The second-order valence-corrected chi connectivity index (χ2v) is 6.84. The van der Waals surface area contributed by atoms with Gasteiger partial charge in [-0.25, -0.2) is 19.9 Å². The Balaban J connectivity index is 1.49. The van der Waals surface area contributed by atoms with E-state index in [1.165, 1.54) is 24.2 Å². The molecule has 1 aliphatic rings. The first-order chi connectivity index (χ1) is 12.6. The number of hydrogen-bond donors (Lipinski definition) is 2. The van der Waals surface area contributed by atoms with Crippen molar-refractivity contribution in [3.63, 3.8) is 0 Å². The average Bonchev–Trinajstić information content (AvgIpc) is 3.30. The van der Waals surface area contributed by atoms with Crippen LogP contribution in [0.15, 0.2) is 12.7 Å². The third-order valence-corrected chi connectivity index (χ3v) is 5.09. The van der Waals surface area contributed by atoms with Crippen LogP contribution in [0.3, 0.4) is 0 Å². The topological polar surface area (TPSA) is 134 Å². The molecule has 1 fully saturated rings. The van der Waals surface area contributed by atoms with E-state index in [-0.39, 0.29) is 11.7 Å². The van der Waals surface area contributed by atoms with Crippen molar-refractivity contribution in [2.24, 2.45) is 0 Å². The van der Waals surface area contributed by atoms with Crippen molar-refractivity contribution in [1.29, 1.82) is 0 Å². The van der Waals surface area contributed by atoms with E-state index in [0.717, 1.165) is 31.9 Å². The highest BCUT2D eigenvalue weighted by Crippen LogP contribution is 2.27. The zero-order chi connectivity index (χ0) is 18.1. The summed E-state index contributed by atoms with van der Waals surface area (Å²) in [5.41, 5.74) is 6.78. The number of carbonyl (C=O) groups is 1. The summed E-state index contributed by atoms with van der Waals surface area (Å²) < 4.78 is 11.4. The van der Waals surface area contributed by atoms with Crippen molar-refractivity contribution in [2.45, 2.75) is 31.7 Å². The molecule has 0 aromatic carbocycles. The van der Waals surface area contributed by atoms with E-state index in [1.807, 2.05) is 0 Å². The van der Waals surface area contributed by atoms with Crippen LogP contribution in [0, 0.1) is 0 Å². The monoisotopic (exact) mass is 374 g/mol. The van der Waals surface area contributed by atoms with Gasteiger partial charge in [0, 0.05) is 30.7 Å². The highest BCUT2D eigenvalue weighted by molar-refractivity contribution is 7.09. The Bertz CT molecular complexity index is 933. The Morgan fingerprint density at radius 3 is 3.00 bits per heavy atom. The van der Waals surface area contributed by atoms with Crippen LogP contribution in [0.2, 0.25) is 0 Å². The first-order valence-corrected chi connectivity index (χ1v) is 9.06. The van der Waals surface area contributed by atoms with E-state index in [2.05, 4.69) is 29.6 Å².